The lowest BCUT2D eigenvalue weighted by molar-refractivity contribution is 0.0785. The number of hydrogen-bond donors (Lipinski definition) is 0. The SMILES string of the molecule is CCN(C)Cc1ccc2c(CN(C)C(=O)c3ccc(-c4ccc(OC)cc4)cc3)cccc2c1. The molecular formula is C30H32N2O2. The van der Waals surface area contributed by atoms with Crippen LogP contribution >= 0.6 is 0 Å². The molecule has 4 heteroatoms. The highest BCUT2D eigenvalue weighted by atomic mass is 16.5. The van der Waals surface area contributed by atoms with Crippen molar-refractivity contribution in [2.24, 2.45) is 0 Å². The molecule has 0 aliphatic carbocycles. The second kappa shape index (κ2) is 10.5. The van der Waals surface area contributed by atoms with Crippen molar-refractivity contribution in [3.8, 4) is 16.9 Å². The fraction of sp³-hybridized carbons (Fsp3) is 0.233. The standard InChI is InChI=1S/C30H32N2O2/c1-5-31(2)20-22-9-18-29-26(19-22)7-6-8-27(29)21-32(3)30(33)25-12-10-23(11-13-25)24-14-16-28(34-4)17-15-24/h6-19H,5,20-21H2,1-4H3. The van der Waals surface area contributed by atoms with Gasteiger partial charge in [-0.25, -0.2) is 0 Å². The minimum absolute atomic E-state index is 0.0134. The summed E-state index contributed by atoms with van der Waals surface area (Å²) in [7, 11) is 5.65. The van der Waals surface area contributed by atoms with Crippen molar-refractivity contribution < 1.29 is 9.53 Å². The number of ether oxygens (including phenoxy) is 1. The van der Waals surface area contributed by atoms with Crippen LogP contribution in [0.5, 0.6) is 5.75 Å². The summed E-state index contributed by atoms with van der Waals surface area (Å²) in [5.74, 6) is 0.842. The number of benzene rings is 4. The lowest BCUT2D eigenvalue weighted by Gasteiger charge is -2.19. The van der Waals surface area contributed by atoms with Gasteiger partial charge in [-0.1, -0.05) is 61.5 Å². The van der Waals surface area contributed by atoms with E-state index in [9.17, 15) is 4.79 Å². The number of nitrogens with zero attached hydrogens (tertiary/aromatic N) is 2. The summed E-state index contributed by atoms with van der Waals surface area (Å²) in [4.78, 5) is 17.2. The molecule has 0 aliphatic heterocycles. The maximum absolute atomic E-state index is 13.1. The molecule has 0 radical (unpaired) electrons. The molecule has 0 N–H and O–H groups in total. The first-order chi connectivity index (χ1) is 16.5. The van der Waals surface area contributed by atoms with Gasteiger partial charge in [-0.3, -0.25) is 4.79 Å². The molecule has 4 nitrogen and oxygen atoms in total. The molecule has 0 aliphatic rings. The molecule has 34 heavy (non-hydrogen) atoms. The molecule has 0 atom stereocenters. The van der Waals surface area contributed by atoms with Crippen molar-refractivity contribution >= 4 is 16.7 Å². The van der Waals surface area contributed by atoms with Crippen LogP contribution in [0.25, 0.3) is 21.9 Å². The fourth-order valence-electron chi connectivity index (χ4n) is 4.20. The Bertz CT molecular complexity index is 1260. The monoisotopic (exact) mass is 452 g/mol. The molecule has 4 aromatic carbocycles. The van der Waals surface area contributed by atoms with E-state index in [1.807, 2.05) is 55.6 Å². The van der Waals surface area contributed by atoms with Gasteiger partial charge in [0.25, 0.3) is 5.91 Å². The first-order valence-electron chi connectivity index (χ1n) is 11.7. The van der Waals surface area contributed by atoms with E-state index in [1.165, 1.54) is 16.3 Å². The van der Waals surface area contributed by atoms with Crippen LogP contribution in [0.4, 0.5) is 0 Å². The third-order valence-corrected chi connectivity index (χ3v) is 6.34. The molecule has 0 unspecified atom stereocenters. The number of hydrogen-bond acceptors (Lipinski definition) is 3. The van der Waals surface area contributed by atoms with E-state index in [1.54, 1.807) is 12.0 Å². The maximum atomic E-state index is 13.1. The summed E-state index contributed by atoms with van der Waals surface area (Å²) < 4.78 is 5.23. The predicted octanol–water partition coefficient (Wildman–Crippen LogP) is 6.24. The zero-order valence-electron chi connectivity index (χ0n) is 20.4. The van der Waals surface area contributed by atoms with Crippen molar-refractivity contribution in [3.05, 3.63) is 102 Å². The van der Waals surface area contributed by atoms with Crippen LogP contribution in [0.2, 0.25) is 0 Å². The van der Waals surface area contributed by atoms with E-state index in [0.717, 1.165) is 35.5 Å². The summed E-state index contributed by atoms with van der Waals surface area (Å²) >= 11 is 0. The largest absolute Gasteiger partial charge is 0.497 e. The zero-order chi connectivity index (χ0) is 24.1. The molecule has 0 spiro atoms. The van der Waals surface area contributed by atoms with Crippen molar-refractivity contribution in [1.29, 1.82) is 0 Å². The molecule has 0 bridgehead atoms. The molecule has 1 amide bonds. The fourth-order valence-corrected chi connectivity index (χ4v) is 4.20. The smallest absolute Gasteiger partial charge is 0.253 e. The number of carbonyl (C=O) groups is 1. The van der Waals surface area contributed by atoms with Crippen molar-refractivity contribution in [3.63, 3.8) is 0 Å². The first kappa shape index (κ1) is 23.5. The van der Waals surface area contributed by atoms with E-state index in [0.29, 0.717) is 12.1 Å². The molecule has 4 rings (SSSR count). The molecule has 0 saturated carbocycles. The number of rotatable bonds is 8. The molecule has 0 aromatic heterocycles. The molecule has 0 fully saturated rings. The Morgan fingerprint density at radius 3 is 2.15 bits per heavy atom. The van der Waals surface area contributed by atoms with Gasteiger partial charge in [0.2, 0.25) is 0 Å². The van der Waals surface area contributed by atoms with Gasteiger partial charge in [0.05, 0.1) is 7.11 Å². The lowest BCUT2D eigenvalue weighted by Crippen LogP contribution is -2.26. The van der Waals surface area contributed by atoms with Crippen LogP contribution in [-0.4, -0.2) is 43.5 Å². The van der Waals surface area contributed by atoms with Crippen LogP contribution in [0.15, 0.2) is 84.9 Å². The minimum Gasteiger partial charge on any atom is -0.497 e. The summed E-state index contributed by atoms with van der Waals surface area (Å²) in [6.07, 6.45) is 0. The van der Waals surface area contributed by atoms with E-state index >= 15 is 0 Å². The van der Waals surface area contributed by atoms with Crippen molar-refractivity contribution in [2.45, 2.75) is 20.0 Å². The minimum atomic E-state index is 0.0134. The van der Waals surface area contributed by atoms with Gasteiger partial charge in [-0.15, -0.1) is 0 Å². The van der Waals surface area contributed by atoms with Gasteiger partial charge in [-0.2, -0.15) is 0 Å². The quantitative estimate of drug-likeness (QED) is 0.317. The van der Waals surface area contributed by atoms with E-state index in [4.69, 9.17) is 4.74 Å². The van der Waals surface area contributed by atoms with Crippen molar-refractivity contribution in [1.82, 2.24) is 9.80 Å². The van der Waals surface area contributed by atoms with Gasteiger partial charge in [0.1, 0.15) is 5.75 Å². The maximum Gasteiger partial charge on any atom is 0.253 e. The van der Waals surface area contributed by atoms with Gasteiger partial charge >= 0.3 is 0 Å². The Hall–Kier alpha value is -3.63. The van der Waals surface area contributed by atoms with Crippen LogP contribution in [0, 0.1) is 0 Å². The normalized spacial score (nSPS) is 11.1. The van der Waals surface area contributed by atoms with Crippen LogP contribution in [0.1, 0.15) is 28.4 Å². The molecule has 4 aromatic rings. The Balaban J connectivity index is 1.48. The van der Waals surface area contributed by atoms with Crippen LogP contribution in [0.3, 0.4) is 0 Å². The Kier molecular flexibility index (Phi) is 7.29. The number of fused-ring (bicyclic) bond motifs is 1. The summed E-state index contributed by atoms with van der Waals surface area (Å²) in [5, 5.41) is 2.41. The second-order valence-corrected chi connectivity index (χ2v) is 8.77. The molecular weight excluding hydrogens is 420 g/mol. The van der Waals surface area contributed by atoms with E-state index < -0.39 is 0 Å². The third-order valence-electron chi connectivity index (χ3n) is 6.34. The Morgan fingerprint density at radius 1 is 0.824 bits per heavy atom. The highest BCUT2D eigenvalue weighted by Gasteiger charge is 2.14. The Morgan fingerprint density at radius 2 is 1.50 bits per heavy atom. The molecule has 0 heterocycles. The van der Waals surface area contributed by atoms with Gasteiger partial charge < -0.3 is 14.5 Å². The van der Waals surface area contributed by atoms with E-state index in [2.05, 4.69) is 55.3 Å². The average molecular weight is 453 g/mol. The third kappa shape index (κ3) is 5.29. The summed E-state index contributed by atoms with van der Waals surface area (Å²) in [5.41, 5.74) is 5.30. The number of carbonyl (C=O) groups excluding carboxylic acids is 1. The summed E-state index contributed by atoms with van der Waals surface area (Å²) in [6.45, 7) is 4.68. The lowest BCUT2D eigenvalue weighted by atomic mass is 10.0. The molecule has 174 valence electrons. The second-order valence-electron chi connectivity index (χ2n) is 8.77. The summed E-state index contributed by atoms with van der Waals surface area (Å²) in [6, 6.07) is 28.7. The van der Waals surface area contributed by atoms with Gasteiger partial charge in [-0.05, 0) is 77.0 Å². The average Bonchev–Trinajstić information content (AvgIpc) is 2.88. The van der Waals surface area contributed by atoms with Gasteiger partial charge in [0.15, 0.2) is 0 Å². The highest BCUT2D eigenvalue weighted by molar-refractivity contribution is 5.95. The van der Waals surface area contributed by atoms with E-state index in [-0.39, 0.29) is 5.91 Å². The van der Waals surface area contributed by atoms with Gasteiger partial charge in [0, 0.05) is 25.7 Å². The zero-order valence-corrected chi connectivity index (χ0v) is 20.4. The first-order valence-corrected chi connectivity index (χ1v) is 11.7. The highest BCUT2D eigenvalue weighted by Crippen LogP contribution is 2.25. The predicted molar refractivity (Wildman–Crippen MR) is 140 cm³/mol. The molecule has 0 saturated heterocycles. The topological polar surface area (TPSA) is 32.8 Å². The van der Waals surface area contributed by atoms with Crippen molar-refractivity contribution in [2.75, 3.05) is 27.7 Å². The van der Waals surface area contributed by atoms with Crippen LogP contribution in [-0.2, 0) is 13.1 Å². The number of amides is 1. The van der Waals surface area contributed by atoms with Crippen LogP contribution < -0.4 is 4.74 Å². The Labute approximate surface area is 202 Å². The number of methoxy groups -OCH3 is 1.